The van der Waals surface area contributed by atoms with E-state index in [0.29, 0.717) is 11.3 Å². The third kappa shape index (κ3) is 2.76. The topological polar surface area (TPSA) is 55.1 Å². The molecule has 2 aliphatic rings. The van der Waals surface area contributed by atoms with Gasteiger partial charge in [0.25, 0.3) is 0 Å². The average Bonchev–Trinajstić information content (AvgIpc) is 2.83. The summed E-state index contributed by atoms with van der Waals surface area (Å²) in [5, 5.41) is 3.10. The first-order valence-electron chi connectivity index (χ1n) is 6.52. The molecule has 0 aromatic rings. The molecule has 0 aliphatic heterocycles. The van der Waals surface area contributed by atoms with Crippen molar-refractivity contribution in [3.05, 3.63) is 0 Å². The predicted octanol–water partition coefficient (Wildman–Crippen LogP) is 1.67. The second-order valence-corrected chi connectivity index (χ2v) is 6.26. The zero-order valence-corrected chi connectivity index (χ0v) is 10.5. The van der Waals surface area contributed by atoms with Crippen molar-refractivity contribution in [2.75, 3.05) is 6.54 Å². The van der Waals surface area contributed by atoms with Gasteiger partial charge in [0.1, 0.15) is 0 Å². The van der Waals surface area contributed by atoms with Crippen LogP contribution in [0, 0.1) is 17.3 Å². The molecule has 1 amide bonds. The molecule has 3 heteroatoms. The first-order valence-corrected chi connectivity index (χ1v) is 6.52. The monoisotopic (exact) mass is 224 g/mol. The van der Waals surface area contributed by atoms with Gasteiger partial charge in [-0.1, -0.05) is 20.3 Å². The number of amides is 1. The molecule has 2 fully saturated rings. The SMILES string of the molecule is CC1(C)CC1CNC(=O)C1CCCC(N)C1. The van der Waals surface area contributed by atoms with Crippen LogP contribution in [0.2, 0.25) is 0 Å². The van der Waals surface area contributed by atoms with E-state index in [4.69, 9.17) is 5.73 Å². The summed E-state index contributed by atoms with van der Waals surface area (Å²) < 4.78 is 0. The Kier molecular flexibility index (Phi) is 3.24. The van der Waals surface area contributed by atoms with Gasteiger partial charge in [0.2, 0.25) is 5.91 Å². The van der Waals surface area contributed by atoms with Crippen molar-refractivity contribution in [2.24, 2.45) is 23.0 Å². The van der Waals surface area contributed by atoms with E-state index in [9.17, 15) is 4.79 Å². The zero-order valence-electron chi connectivity index (χ0n) is 10.5. The van der Waals surface area contributed by atoms with Crippen LogP contribution in [-0.4, -0.2) is 18.5 Å². The van der Waals surface area contributed by atoms with E-state index in [2.05, 4.69) is 19.2 Å². The number of nitrogens with two attached hydrogens (primary N) is 1. The van der Waals surface area contributed by atoms with Gasteiger partial charge in [-0.25, -0.2) is 0 Å². The predicted molar refractivity (Wildman–Crippen MR) is 64.8 cm³/mol. The first-order chi connectivity index (χ1) is 7.49. The fourth-order valence-corrected chi connectivity index (χ4v) is 2.76. The summed E-state index contributed by atoms with van der Waals surface area (Å²) in [6.07, 6.45) is 5.33. The minimum absolute atomic E-state index is 0.172. The molecule has 0 spiro atoms. The lowest BCUT2D eigenvalue weighted by molar-refractivity contribution is -0.126. The number of rotatable bonds is 3. The molecule has 92 valence electrons. The molecule has 0 saturated heterocycles. The molecule has 2 rings (SSSR count). The van der Waals surface area contributed by atoms with Crippen LogP contribution in [0.25, 0.3) is 0 Å². The maximum atomic E-state index is 11.9. The summed E-state index contributed by atoms with van der Waals surface area (Å²) in [6.45, 7) is 5.39. The number of hydrogen-bond acceptors (Lipinski definition) is 2. The summed E-state index contributed by atoms with van der Waals surface area (Å²) in [7, 11) is 0. The standard InChI is InChI=1S/C13H24N2O/c1-13(2)7-10(13)8-15-12(16)9-4-3-5-11(14)6-9/h9-11H,3-8,14H2,1-2H3,(H,15,16). The van der Waals surface area contributed by atoms with Gasteiger partial charge in [-0.2, -0.15) is 0 Å². The number of carbonyl (C=O) groups is 1. The van der Waals surface area contributed by atoms with Crippen LogP contribution in [-0.2, 0) is 4.79 Å². The highest BCUT2D eigenvalue weighted by atomic mass is 16.1. The summed E-state index contributed by atoms with van der Waals surface area (Å²) in [5.41, 5.74) is 6.35. The smallest absolute Gasteiger partial charge is 0.223 e. The van der Waals surface area contributed by atoms with Crippen molar-refractivity contribution in [3.63, 3.8) is 0 Å². The second kappa shape index (κ2) is 4.36. The quantitative estimate of drug-likeness (QED) is 0.766. The highest BCUT2D eigenvalue weighted by Gasteiger charge is 2.45. The molecule has 3 unspecified atom stereocenters. The minimum Gasteiger partial charge on any atom is -0.356 e. The fourth-order valence-electron chi connectivity index (χ4n) is 2.76. The van der Waals surface area contributed by atoms with Crippen LogP contribution in [0.1, 0.15) is 46.0 Å². The van der Waals surface area contributed by atoms with Gasteiger partial charge in [0.15, 0.2) is 0 Å². The Balaban J connectivity index is 1.71. The molecule has 0 heterocycles. The van der Waals surface area contributed by atoms with Gasteiger partial charge < -0.3 is 11.1 Å². The van der Waals surface area contributed by atoms with Crippen molar-refractivity contribution < 1.29 is 4.79 Å². The third-order valence-electron chi connectivity index (χ3n) is 4.33. The van der Waals surface area contributed by atoms with E-state index in [0.717, 1.165) is 32.2 Å². The van der Waals surface area contributed by atoms with Crippen LogP contribution in [0.15, 0.2) is 0 Å². The zero-order chi connectivity index (χ0) is 11.8. The van der Waals surface area contributed by atoms with Crippen molar-refractivity contribution in [2.45, 2.75) is 52.0 Å². The minimum atomic E-state index is 0.172. The molecule has 3 N–H and O–H groups in total. The molecule has 0 radical (unpaired) electrons. The van der Waals surface area contributed by atoms with Gasteiger partial charge >= 0.3 is 0 Å². The molecule has 16 heavy (non-hydrogen) atoms. The van der Waals surface area contributed by atoms with Crippen molar-refractivity contribution >= 4 is 5.91 Å². The highest BCUT2D eigenvalue weighted by Crippen LogP contribution is 2.51. The van der Waals surface area contributed by atoms with Gasteiger partial charge in [-0.05, 0) is 37.0 Å². The first kappa shape index (κ1) is 11.9. The Morgan fingerprint density at radius 1 is 1.44 bits per heavy atom. The molecule has 3 atom stereocenters. The molecule has 0 aromatic carbocycles. The largest absolute Gasteiger partial charge is 0.356 e. The maximum Gasteiger partial charge on any atom is 0.223 e. The average molecular weight is 224 g/mol. The van der Waals surface area contributed by atoms with Crippen LogP contribution < -0.4 is 11.1 Å². The third-order valence-corrected chi connectivity index (χ3v) is 4.33. The molecule has 0 aromatic heterocycles. The summed E-state index contributed by atoms with van der Waals surface area (Å²) >= 11 is 0. The van der Waals surface area contributed by atoms with Crippen molar-refractivity contribution in [1.29, 1.82) is 0 Å². The summed E-state index contributed by atoms with van der Waals surface area (Å²) in [5.74, 6) is 1.09. The van der Waals surface area contributed by atoms with Gasteiger partial charge in [-0.15, -0.1) is 0 Å². The van der Waals surface area contributed by atoms with Gasteiger partial charge in [0.05, 0.1) is 0 Å². The lowest BCUT2D eigenvalue weighted by Crippen LogP contribution is -2.38. The Morgan fingerprint density at radius 2 is 2.12 bits per heavy atom. The van der Waals surface area contributed by atoms with Crippen LogP contribution in [0.5, 0.6) is 0 Å². The van der Waals surface area contributed by atoms with Crippen LogP contribution in [0.4, 0.5) is 0 Å². The van der Waals surface area contributed by atoms with E-state index in [-0.39, 0.29) is 17.9 Å². The second-order valence-electron chi connectivity index (χ2n) is 6.26. The van der Waals surface area contributed by atoms with Crippen molar-refractivity contribution in [1.82, 2.24) is 5.32 Å². The maximum absolute atomic E-state index is 11.9. The molecule has 2 aliphatic carbocycles. The van der Waals surface area contributed by atoms with E-state index in [1.165, 1.54) is 6.42 Å². The summed E-state index contributed by atoms with van der Waals surface area (Å²) in [4.78, 5) is 11.9. The molecule has 3 nitrogen and oxygen atoms in total. The van der Waals surface area contributed by atoms with E-state index in [1.807, 2.05) is 0 Å². The van der Waals surface area contributed by atoms with E-state index < -0.39 is 0 Å². The lowest BCUT2D eigenvalue weighted by atomic mass is 9.85. The number of nitrogens with one attached hydrogen (secondary N) is 1. The molecular weight excluding hydrogens is 200 g/mol. The lowest BCUT2D eigenvalue weighted by Gasteiger charge is -2.25. The van der Waals surface area contributed by atoms with Crippen LogP contribution in [0.3, 0.4) is 0 Å². The molecule has 0 bridgehead atoms. The highest BCUT2D eigenvalue weighted by molar-refractivity contribution is 5.78. The van der Waals surface area contributed by atoms with E-state index in [1.54, 1.807) is 0 Å². The Labute approximate surface area is 98.2 Å². The molecule has 2 saturated carbocycles. The Hall–Kier alpha value is -0.570. The Bertz CT molecular complexity index is 275. The van der Waals surface area contributed by atoms with Gasteiger partial charge in [-0.3, -0.25) is 4.79 Å². The Morgan fingerprint density at radius 3 is 2.69 bits per heavy atom. The fraction of sp³-hybridized carbons (Fsp3) is 0.923. The number of carbonyl (C=O) groups excluding carboxylic acids is 1. The van der Waals surface area contributed by atoms with E-state index >= 15 is 0 Å². The van der Waals surface area contributed by atoms with Crippen molar-refractivity contribution in [3.8, 4) is 0 Å². The van der Waals surface area contributed by atoms with Crippen LogP contribution >= 0.6 is 0 Å². The van der Waals surface area contributed by atoms with Gasteiger partial charge in [0, 0.05) is 18.5 Å². The molecular formula is C13H24N2O. The number of hydrogen-bond donors (Lipinski definition) is 2. The normalized spacial score (nSPS) is 36.8. The summed E-state index contributed by atoms with van der Waals surface area (Å²) in [6, 6.07) is 0.238.